The molecule has 1 aliphatic rings. The Morgan fingerprint density at radius 1 is 1.22 bits per heavy atom. The summed E-state index contributed by atoms with van der Waals surface area (Å²) in [5.41, 5.74) is 7.27. The first-order valence-corrected chi connectivity index (χ1v) is 7.89. The zero-order chi connectivity index (χ0) is 16.2. The van der Waals surface area contributed by atoms with Crippen LogP contribution in [0.2, 0.25) is 5.02 Å². The summed E-state index contributed by atoms with van der Waals surface area (Å²) in [6.07, 6.45) is 1.66. The molecular formula is C15H20ClN7. The predicted octanol–water partition coefficient (Wildman–Crippen LogP) is 1.11. The second-order valence-electron chi connectivity index (χ2n) is 5.46. The van der Waals surface area contributed by atoms with E-state index >= 15 is 0 Å². The van der Waals surface area contributed by atoms with Gasteiger partial charge in [-0.15, -0.1) is 0 Å². The summed E-state index contributed by atoms with van der Waals surface area (Å²) in [6, 6.07) is 7.92. The van der Waals surface area contributed by atoms with Crippen LogP contribution < -0.4 is 10.6 Å². The summed E-state index contributed by atoms with van der Waals surface area (Å²) < 4.78 is 1.66. The van der Waals surface area contributed by atoms with Crippen molar-refractivity contribution < 1.29 is 0 Å². The number of hydrogen-bond donors (Lipinski definition) is 1. The number of aryl methyl sites for hydroxylation is 1. The van der Waals surface area contributed by atoms with Crippen molar-refractivity contribution >= 4 is 23.2 Å². The summed E-state index contributed by atoms with van der Waals surface area (Å²) in [4.78, 5) is 12.9. The number of rotatable bonds is 3. The standard InChI is InChI=1S/C15H20ClN7/c1-21-11-19-14(20-21)10-18-15(17)23-8-6-22(7-9-23)13-4-2-12(16)3-5-13/h2-5,11H,6-10H2,1H3,(H2,17,18). The highest BCUT2D eigenvalue weighted by Gasteiger charge is 2.18. The van der Waals surface area contributed by atoms with Crippen LogP contribution in [0.1, 0.15) is 5.82 Å². The van der Waals surface area contributed by atoms with E-state index < -0.39 is 0 Å². The number of benzene rings is 1. The molecule has 0 radical (unpaired) electrons. The van der Waals surface area contributed by atoms with Crippen LogP contribution in [0, 0.1) is 0 Å². The van der Waals surface area contributed by atoms with Gasteiger partial charge in [-0.2, -0.15) is 5.10 Å². The predicted molar refractivity (Wildman–Crippen MR) is 91.6 cm³/mol. The molecule has 1 aromatic carbocycles. The molecule has 0 unspecified atom stereocenters. The molecule has 23 heavy (non-hydrogen) atoms. The third-order valence-electron chi connectivity index (χ3n) is 3.82. The van der Waals surface area contributed by atoms with Gasteiger partial charge in [0, 0.05) is 43.9 Å². The highest BCUT2D eigenvalue weighted by Crippen LogP contribution is 2.19. The van der Waals surface area contributed by atoms with E-state index in [1.165, 1.54) is 5.69 Å². The molecule has 1 aromatic heterocycles. The van der Waals surface area contributed by atoms with Gasteiger partial charge in [0.25, 0.3) is 0 Å². The van der Waals surface area contributed by atoms with Gasteiger partial charge < -0.3 is 15.5 Å². The Morgan fingerprint density at radius 2 is 1.91 bits per heavy atom. The Balaban J connectivity index is 1.54. The Morgan fingerprint density at radius 3 is 2.52 bits per heavy atom. The van der Waals surface area contributed by atoms with Crippen LogP contribution in [-0.2, 0) is 13.6 Å². The number of hydrogen-bond acceptors (Lipinski definition) is 4. The molecule has 2 N–H and O–H groups in total. The van der Waals surface area contributed by atoms with Gasteiger partial charge in [0.2, 0.25) is 0 Å². The third kappa shape index (κ3) is 3.92. The molecular weight excluding hydrogens is 314 g/mol. The van der Waals surface area contributed by atoms with Crippen LogP contribution in [-0.4, -0.2) is 51.8 Å². The largest absolute Gasteiger partial charge is 0.370 e. The number of anilines is 1. The molecule has 0 atom stereocenters. The number of nitrogens with two attached hydrogens (primary N) is 1. The zero-order valence-electron chi connectivity index (χ0n) is 13.1. The maximum atomic E-state index is 6.08. The molecule has 0 saturated carbocycles. The molecule has 0 spiro atoms. The molecule has 2 aromatic rings. The molecule has 122 valence electrons. The lowest BCUT2D eigenvalue weighted by Crippen LogP contribution is -2.51. The first-order chi connectivity index (χ1) is 11.1. The summed E-state index contributed by atoms with van der Waals surface area (Å²) in [6.45, 7) is 3.89. The lowest BCUT2D eigenvalue weighted by atomic mass is 10.2. The SMILES string of the molecule is Cn1cnc(CN=C(N)N2CCN(c3ccc(Cl)cc3)CC2)n1. The van der Waals surface area contributed by atoms with Crippen molar-refractivity contribution in [2.75, 3.05) is 31.1 Å². The van der Waals surface area contributed by atoms with Gasteiger partial charge >= 0.3 is 0 Å². The molecule has 1 fully saturated rings. The fourth-order valence-electron chi connectivity index (χ4n) is 2.55. The van der Waals surface area contributed by atoms with Crippen molar-refractivity contribution in [3.8, 4) is 0 Å². The van der Waals surface area contributed by atoms with E-state index in [1.54, 1.807) is 11.0 Å². The average molecular weight is 334 g/mol. The molecule has 1 aliphatic heterocycles. The van der Waals surface area contributed by atoms with Gasteiger partial charge in [0.15, 0.2) is 11.8 Å². The minimum atomic E-state index is 0.407. The van der Waals surface area contributed by atoms with Crippen LogP contribution in [0.25, 0.3) is 0 Å². The first kappa shape index (κ1) is 15.6. The van der Waals surface area contributed by atoms with E-state index in [1.807, 2.05) is 31.3 Å². The normalized spacial score (nSPS) is 16.0. The number of aliphatic imine (C=N–C) groups is 1. The second-order valence-corrected chi connectivity index (χ2v) is 5.90. The lowest BCUT2D eigenvalue weighted by molar-refractivity contribution is 0.380. The smallest absolute Gasteiger partial charge is 0.191 e. The minimum absolute atomic E-state index is 0.407. The van der Waals surface area contributed by atoms with Crippen molar-refractivity contribution in [1.29, 1.82) is 0 Å². The Bertz CT molecular complexity index is 671. The highest BCUT2D eigenvalue weighted by atomic mass is 35.5. The molecule has 1 saturated heterocycles. The van der Waals surface area contributed by atoms with Crippen molar-refractivity contribution in [2.45, 2.75) is 6.54 Å². The van der Waals surface area contributed by atoms with Gasteiger partial charge in [0.1, 0.15) is 12.9 Å². The van der Waals surface area contributed by atoms with E-state index in [0.29, 0.717) is 18.3 Å². The highest BCUT2D eigenvalue weighted by molar-refractivity contribution is 6.30. The van der Waals surface area contributed by atoms with E-state index in [0.717, 1.165) is 31.2 Å². The van der Waals surface area contributed by atoms with Gasteiger partial charge in [-0.3, -0.25) is 4.68 Å². The van der Waals surface area contributed by atoms with E-state index in [-0.39, 0.29) is 0 Å². The van der Waals surface area contributed by atoms with Crippen molar-refractivity contribution in [3.63, 3.8) is 0 Å². The van der Waals surface area contributed by atoms with Crippen molar-refractivity contribution in [2.24, 2.45) is 17.8 Å². The zero-order valence-corrected chi connectivity index (χ0v) is 13.8. The molecule has 7 nitrogen and oxygen atoms in total. The van der Waals surface area contributed by atoms with Crippen LogP contribution in [0.3, 0.4) is 0 Å². The third-order valence-corrected chi connectivity index (χ3v) is 4.08. The number of halogens is 1. The molecule has 0 aliphatic carbocycles. The number of aromatic nitrogens is 3. The Kier molecular flexibility index (Phi) is 4.66. The van der Waals surface area contributed by atoms with Gasteiger partial charge in [0.05, 0.1) is 0 Å². The summed E-state index contributed by atoms with van der Waals surface area (Å²) >= 11 is 5.93. The number of nitrogens with zero attached hydrogens (tertiary/aromatic N) is 6. The fourth-order valence-corrected chi connectivity index (χ4v) is 2.68. The van der Waals surface area contributed by atoms with Crippen molar-refractivity contribution in [1.82, 2.24) is 19.7 Å². The van der Waals surface area contributed by atoms with Crippen molar-refractivity contribution in [3.05, 3.63) is 41.4 Å². The Hall–Kier alpha value is -2.28. The van der Waals surface area contributed by atoms with Crippen LogP contribution >= 0.6 is 11.6 Å². The molecule has 2 heterocycles. The molecule has 3 rings (SSSR count). The topological polar surface area (TPSA) is 75.6 Å². The maximum absolute atomic E-state index is 6.08. The number of guanidine groups is 1. The summed E-state index contributed by atoms with van der Waals surface area (Å²) in [5.74, 6) is 1.23. The van der Waals surface area contributed by atoms with Crippen LogP contribution in [0.5, 0.6) is 0 Å². The molecule has 0 amide bonds. The quantitative estimate of drug-likeness (QED) is 0.672. The van der Waals surface area contributed by atoms with Gasteiger partial charge in [-0.05, 0) is 24.3 Å². The summed E-state index contributed by atoms with van der Waals surface area (Å²) in [7, 11) is 1.83. The molecule has 8 heteroatoms. The second kappa shape index (κ2) is 6.87. The minimum Gasteiger partial charge on any atom is -0.370 e. The molecule has 0 bridgehead atoms. The van der Waals surface area contributed by atoms with Gasteiger partial charge in [-0.1, -0.05) is 11.6 Å². The van der Waals surface area contributed by atoms with E-state index in [9.17, 15) is 0 Å². The monoisotopic (exact) mass is 333 g/mol. The van der Waals surface area contributed by atoms with E-state index in [2.05, 4.69) is 24.9 Å². The van der Waals surface area contributed by atoms with E-state index in [4.69, 9.17) is 17.3 Å². The summed E-state index contributed by atoms with van der Waals surface area (Å²) in [5, 5.41) is 4.95. The maximum Gasteiger partial charge on any atom is 0.191 e. The Labute approximate surface area is 140 Å². The number of piperazine rings is 1. The fraction of sp³-hybridized carbons (Fsp3) is 0.400. The lowest BCUT2D eigenvalue weighted by Gasteiger charge is -2.36. The van der Waals surface area contributed by atoms with Crippen LogP contribution in [0.15, 0.2) is 35.6 Å². The van der Waals surface area contributed by atoms with Gasteiger partial charge in [-0.25, -0.2) is 9.98 Å². The average Bonchev–Trinajstić information content (AvgIpc) is 2.99. The van der Waals surface area contributed by atoms with Crippen LogP contribution in [0.4, 0.5) is 5.69 Å². The first-order valence-electron chi connectivity index (χ1n) is 7.52.